The normalized spacial score (nSPS) is 11.9. The molecule has 0 aliphatic rings. The molecular formula is C16H20N4O2S. The first-order valence-corrected chi connectivity index (χ1v) is 8.12. The van der Waals surface area contributed by atoms with Crippen molar-refractivity contribution in [1.29, 1.82) is 0 Å². The van der Waals surface area contributed by atoms with Gasteiger partial charge in [-0.05, 0) is 45.0 Å². The van der Waals surface area contributed by atoms with Crippen LogP contribution >= 0.6 is 11.3 Å². The van der Waals surface area contributed by atoms with Crippen molar-refractivity contribution in [2.75, 3.05) is 19.1 Å². The third-order valence-corrected chi connectivity index (χ3v) is 4.69. The van der Waals surface area contributed by atoms with Gasteiger partial charge in [0.05, 0.1) is 18.8 Å². The number of hydrogen-bond donors (Lipinski definition) is 0. The average molecular weight is 332 g/mol. The zero-order valence-electron chi connectivity index (χ0n) is 13.9. The highest BCUT2D eigenvalue weighted by atomic mass is 32.1. The number of methoxy groups -OCH3 is 1. The fourth-order valence-corrected chi connectivity index (χ4v) is 3.40. The standard InChI is InChI=1S/C16H20N4O2S/c1-16(2,3)20-14(21)17-15-19(20)10-13(23-15)18(4)11-6-8-12(22-5)9-7-11/h6-10H,1-5H3. The first-order valence-electron chi connectivity index (χ1n) is 7.31. The summed E-state index contributed by atoms with van der Waals surface area (Å²) in [5, 5.41) is 1.01. The number of aromatic nitrogens is 3. The van der Waals surface area contributed by atoms with E-state index < -0.39 is 0 Å². The van der Waals surface area contributed by atoms with E-state index in [4.69, 9.17) is 4.74 Å². The van der Waals surface area contributed by atoms with Crippen LogP contribution in [0.15, 0.2) is 35.3 Å². The van der Waals surface area contributed by atoms with Gasteiger partial charge in [-0.1, -0.05) is 11.3 Å². The number of anilines is 2. The lowest BCUT2D eigenvalue weighted by Crippen LogP contribution is -2.34. The summed E-state index contributed by atoms with van der Waals surface area (Å²) < 4.78 is 8.70. The monoisotopic (exact) mass is 332 g/mol. The molecule has 2 heterocycles. The Labute approximate surface area is 138 Å². The van der Waals surface area contributed by atoms with E-state index in [1.54, 1.807) is 11.8 Å². The zero-order valence-corrected chi connectivity index (χ0v) is 14.7. The molecule has 23 heavy (non-hydrogen) atoms. The van der Waals surface area contributed by atoms with Gasteiger partial charge < -0.3 is 9.64 Å². The van der Waals surface area contributed by atoms with Gasteiger partial charge in [0, 0.05) is 12.7 Å². The number of nitrogens with zero attached hydrogens (tertiary/aromatic N) is 4. The van der Waals surface area contributed by atoms with Crippen LogP contribution in [0.2, 0.25) is 0 Å². The van der Waals surface area contributed by atoms with Gasteiger partial charge in [-0.15, -0.1) is 0 Å². The maximum atomic E-state index is 12.1. The van der Waals surface area contributed by atoms with E-state index >= 15 is 0 Å². The van der Waals surface area contributed by atoms with Gasteiger partial charge in [-0.25, -0.2) is 14.0 Å². The third-order valence-electron chi connectivity index (χ3n) is 3.64. The Morgan fingerprint density at radius 2 is 1.87 bits per heavy atom. The summed E-state index contributed by atoms with van der Waals surface area (Å²) in [5.74, 6) is 0.824. The van der Waals surface area contributed by atoms with Crippen LogP contribution in [0, 0.1) is 0 Å². The lowest BCUT2D eigenvalue weighted by Gasteiger charge is -2.20. The molecule has 3 rings (SSSR count). The van der Waals surface area contributed by atoms with Crippen molar-refractivity contribution < 1.29 is 4.74 Å². The molecule has 6 nitrogen and oxygen atoms in total. The summed E-state index contributed by atoms with van der Waals surface area (Å²) in [6, 6.07) is 7.85. The summed E-state index contributed by atoms with van der Waals surface area (Å²) in [6.07, 6.45) is 1.95. The predicted octanol–water partition coefficient (Wildman–Crippen LogP) is 3.09. The highest BCUT2D eigenvalue weighted by Crippen LogP contribution is 2.31. The topological polar surface area (TPSA) is 51.8 Å². The molecule has 0 spiro atoms. The van der Waals surface area contributed by atoms with Crippen molar-refractivity contribution in [2.45, 2.75) is 26.3 Å². The first-order chi connectivity index (χ1) is 10.8. The maximum Gasteiger partial charge on any atom is 0.365 e. The van der Waals surface area contributed by atoms with Crippen molar-refractivity contribution in [3.8, 4) is 5.75 Å². The van der Waals surface area contributed by atoms with E-state index in [-0.39, 0.29) is 11.2 Å². The highest BCUT2D eigenvalue weighted by Gasteiger charge is 2.22. The summed E-state index contributed by atoms with van der Waals surface area (Å²) >= 11 is 1.49. The number of ether oxygens (including phenoxy) is 1. The molecule has 0 saturated carbocycles. The SMILES string of the molecule is COc1ccc(N(C)c2cn3c(nc(=O)n3C(C)(C)C)s2)cc1. The minimum atomic E-state index is -0.326. The zero-order chi connectivity index (χ0) is 16.8. The fraction of sp³-hybridized carbons (Fsp3) is 0.375. The Morgan fingerprint density at radius 3 is 2.43 bits per heavy atom. The Bertz CT molecular complexity index is 884. The average Bonchev–Trinajstić information content (AvgIpc) is 3.01. The van der Waals surface area contributed by atoms with Crippen LogP contribution in [0.1, 0.15) is 20.8 Å². The van der Waals surface area contributed by atoms with Gasteiger partial charge >= 0.3 is 5.69 Å². The van der Waals surface area contributed by atoms with Crippen LogP contribution in [0.4, 0.5) is 10.7 Å². The molecule has 0 saturated heterocycles. The van der Waals surface area contributed by atoms with E-state index in [2.05, 4.69) is 9.88 Å². The largest absolute Gasteiger partial charge is 0.497 e. The van der Waals surface area contributed by atoms with Crippen LogP contribution in [0.25, 0.3) is 4.96 Å². The molecule has 7 heteroatoms. The molecule has 122 valence electrons. The fourth-order valence-electron chi connectivity index (χ4n) is 2.46. The molecule has 0 bridgehead atoms. The highest BCUT2D eigenvalue weighted by molar-refractivity contribution is 7.20. The van der Waals surface area contributed by atoms with E-state index in [9.17, 15) is 4.79 Å². The summed E-state index contributed by atoms with van der Waals surface area (Å²) in [4.78, 5) is 19.0. The molecule has 3 aromatic rings. The molecule has 0 aliphatic heterocycles. The third kappa shape index (κ3) is 2.72. The summed E-state index contributed by atoms with van der Waals surface area (Å²) in [6.45, 7) is 5.98. The van der Waals surface area contributed by atoms with Crippen LogP contribution < -0.4 is 15.3 Å². The lowest BCUT2D eigenvalue weighted by atomic mass is 10.1. The summed E-state index contributed by atoms with van der Waals surface area (Å²) in [7, 11) is 3.64. The maximum absolute atomic E-state index is 12.1. The van der Waals surface area contributed by atoms with Crippen molar-refractivity contribution in [1.82, 2.24) is 14.2 Å². The summed E-state index contributed by atoms with van der Waals surface area (Å²) in [5.41, 5.74) is 0.496. The lowest BCUT2D eigenvalue weighted by molar-refractivity contribution is 0.329. The molecular weight excluding hydrogens is 312 g/mol. The second kappa shape index (κ2) is 5.42. The van der Waals surface area contributed by atoms with Crippen LogP contribution in [-0.2, 0) is 5.54 Å². The molecule has 0 N–H and O–H groups in total. The molecule has 0 aliphatic carbocycles. The van der Waals surface area contributed by atoms with E-state index in [1.807, 2.05) is 62.8 Å². The van der Waals surface area contributed by atoms with Gasteiger partial charge in [0.25, 0.3) is 0 Å². The van der Waals surface area contributed by atoms with Crippen LogP contribution in [0.3, 0.4) is 0 Å². The minimum Gasteiger partial charge on any atom is -0.497 e. The molecule has 0 radical (unpaired) electrons. The van der Waals surface area contributed by atoms with Gasteiger partial charge in [0.15, 0.2) is 0 Å². The first kappa shape index (κ1) is 15.6. The molecule has 0 amide bonds. The molecule has 1 aromatic carbocycles. The van der Waals surface area contributed by atoms with Crippen molar-refractivity contribution in [2.24, 2.45) is 0 Å². The van der Waals surface area contributed by atoms with Gasteiger partial charge in [-0.3, -0.25) is 0 Å². The second-order valence-electron chi connectivity index (χ2n) is 6.33. The number of thiazole rings is 1. The van der Waals surface area contributed by atoms with Crippen molar-refractivity contribution in [3.05, 3.63) is 40.9 Å². The second-order valence-corrected chi connectivity index (χ2v) is 7.32. The Morgan fingerprint density at radius 1 is 1.22 bits per heavy atom. The van der Waals surface area contributed by atoms with Crippen molar-refractivity contribution in [3.63, 3.8) is 0 Å². The number of fused-ring (bicyclic) bond motifs is 1. The van der Waals surface area contributed by atoms with Crippen LogP contribution in [-0.4, -0.2) is 28.3 Å². The minimum absolute atomic E-state index is 0.220. The predicted molar refractivity (Wildman–Crippen MR) is 93.4 cm³/mol. The van der Waals surface area contributed by atoms with Gasteiger partial charge in [0.2, 0.25) is 4.96 Å². The van der Waals surface area contributed by atoms with Gasteiger partial charge in [0.1, 0.15) is 10.8 Å². The number of benzene rings is 1. The molecule has 2 aromatic heterocycles. The quantitative estimate of drug-likeness (QED) is 0.739. The smallest absolute Gasteiger partial charge is 0.365 e. The van der Waals surface area contributed by atoms with E-state index in [1.165, 1.54) is 11.3 Å². The van der Waals surface area contributed by atoms with Crippen LogP contribution in [0.5, 0.6) is 5.75 Å². The molecule has 0 fully saturated rings. The van der Waals surface area contributed by atoms with Gasteiger partial charge in [-0.2, -0.15) is 4.98 Å². The van der Waals surface area contributed by atoms with Crippen molar-refractivity contribution >= 4 is 27.0 Å². The number of rotatable bonds is 3. The van der Waals surface area contributed by atoms with E-state index in [0.717, 1.165) is 16.4 Å². The Kier molecular flexibility index (Phi) is 3.68. The Hall–Kier alpha value is -2.28. The van der Waals surface area contributed by atoms with E-state index in [0.29, 0.717) is 4.96 Å². The number of hydrogen-bond acceptors (Lipinski definition) is 5. The molecule has 0 unspecified atom stereocenters. The Balaban J connectivity index is 2.03. The molecule has 0 atom stereocenters.